The van der Waals surface area contributed by atoms with E-state index >= 15 is 0 Å². The molecule has 0 atom stereocenters. The van der Waals surface area contributed by atoms with Gasteiger partial charge in [-0.25, -0.2) is 5.53 Å². The van der Waals surface area contributed by atoms with Crippen molar-refractivity contribution < 1.29 is 0 Å². The molecule has 0 unspecified atom stereocenters. The average Bonchev–Trinajstić information content (AvgIpc) is 2.16. The van der Waals surface area contributed by atoms with Crippen LogP contribution in [0.25, 0.3) is 0 Å². The van der Waals surface area contributed by atoms with E-state index in [1.54, 1.807) is 0 Å². The van der Waals surface area contributed by atoms with Crippen molar-refractivity contribution in [3.63, 3.8) is 0 Å². The van der Waals surface area contributed by atoms with Crippen molar-refractivity contribution >= 4 is 0 Å². The molecule has 2 nitrogen and oxygen atoms in total. The van der Waals surface area contributed by atoms with Gasteiger partial charge in [0.15, 0.2) is 0 Å². The first-order valence-corrected chi connectivity index (χ1v) is 4.80. The molecule has 0 amide bonds. The monoisotopic (exact) mass is 154 g/mol. The van der Waals surface area contributed by atoms with E-state index in [1.807, 2.05) is 0 Å². The molecule has 1 rings (SSSR count). The Morgan fingerprint density at radius 1 is 0.818 bits per heavy atom. The van der Waals surface area contributed by atoms with Gasteiger partial charge in [-0.3, -0.25) is 0 Å². The highest BCUT2D eigenvalue weighted by molar-refractivity contribution is 4.65. The summed E-state index contributed by atoms with van der Waals surface area (Å²) < 4.78 is 0. The molecular weight excluding hydrogens is 136 g/mol. The third kappa shape index (κ3) is 3.49. The standard InChI is InChI=1S/C9H18N2/c10-11-9-7-5-3-1-2-4-6-8-9/h9-10H,1-8H2. The quantitative estimate of drug-likeness (QED) is 0.561. The van der Waals surface area contributed by atoms with Gasteiger partial charge in [0.25, 0.3) is 0 Å². The van der Waals surface area contributed by atoms with Crippen molar-refractivity contribution in [1.82, 2.24) is 0 Å². The zero-order chi connectivity index (χ0) is 7.94. The molecule has 1 saturated carbocycles. The highest BCUT2D eigenvalue weighted by Crippen LogP contribution is 2.18. The molecule has 1 aliphatic carbocycles. The lowest BCUT2D eigenvalue weighted by molar-refractivity contribution is 0.509. The molecule has 11 heavy (non-hydrogen) atoms. The fourth-order valence-corrected chi connectivity index (χ4v) is 1.74. The third-order valence-electron chi connectivity index (χ3n) is 2.51. The first-order valence-electron chi connectivity index (χ1n) is 4.80. The van der Waals surface area contributed by atoms with Crippen LogP contribution < -0.4 is 0 Å². The summed E-state index contributed by atoms with van der Waals surface area (Å²) >= 11 is 0. The zero-order valence-corrected chi connectivity index (χ0v) is 7.18. The van der Waals surface area contributed by atoms with Gasteiger partial charge in [-0.15, -0.1) is 0 Å². The van der Waals surface area contributed by atoms with Gasteiger partial charge in [-0.1, -0.05) is 38.5 Å². The molecule has 0 aromatic heterocycles. The van der Waals surface area contributed by atoms with Crippen molar-refractivity contribution in [1.29, 1.82) is 5.53 Å². The Labute approximate surface area is 68.9 Å². The van der Waals surface area contributed by atoms with Crippen molar-refractivity contribution in [2.75, 3.05) is 0 Å². The molecule has 0 saturated heterocycles. The SMILES string of the molecule is N=NC1CCCCCCCC1. The minimum absolute atomic E-state index is 0.355. The highest BCUT2D eigenvalue weighted by Gasteiger charge is 2.07. The average molecular weight is 154 g/mol. The minimum atomic E-state index is 0.355. The Hall–Kier alpha value is -0.400. The van der Waals surface area contributed by atoms with Crippen LogP contribution in [0.3, 0.4) is 0 Å². The van der Waals surface area contributed by atoms with Crippen LogP contribution in [-0.2, 0) is 0 Å². The molecule has 0 aliphatic heterocycles. The maximum Gasteiger partial charge on any atom is 0.0705 e. The first kappa shape index (κ1) is 8.69. The highest BCUT2D eigenvalue weighted by atomic mass is 15.0. The first-order chi connectivity index (χ1) is 5.43. The molecule has 1 N–H and O–H groups in total. The van der Waals surface area contributed by atoms with Crippen LogP contribution in [0.1, 0.15) is 51.4 Å². The number of nitrogens with one attached hydrogen (secondary N) is 1. The lowest BCUT2D eigenvalue weighted by atomic mass is 10.1. The smallest absolute Gasteiger partial charge is 0.0705 e. The van der Waals surface area contributed by atoms with Crippen LogP contribution >= 0.6 is 0 Å². The maximum absolute atomic E-state index is 6.96. The van der Waals surface area contributed by atoms with E-state index in [4.69, 9.17) is 5.53 Å². The van der Waals surface area contributed by atoms with Gasteiger partial charge in [0.05, 0.1) is 6.04 Å². The predicted octanol–water partition coefficient (Wildman–Crippen LogP) is 3.52. The summed E-state index contributed by atoms with van der Waals surface area (Å²) in [6.45, 7) is 0. The lowest BCUT2D eigenvalue weighted by Gasteiger charge is -2.06. The number of hydrogen-bond acceptors (Lipinski definition) is 2. The third-order valence-corrected chi connectivity index (χ3v) is 2.51. The maximum atomic E-state index is 6.96. The van der Waals surface area contributed by atoms with Gasteiger partial charge in [-0.2, -0.15) is 5.11 Å². The van der Waals surface area contributed by atoms with E-state index in [2.05, 4.69) is 5.11 Å². The molecular formula is C9H18N2. The Balaban J connectivity index is 2.24. The fourth-order valence-electron chi connectivity index (χ4n) is 1.74. The molecule has 64 valence electrons. The second-order valence-electron chi connectivity index (χ2n) is 3.48. The summed E-state index contributed by atoms with van der Waals surface area (Å²) in [5.41, 5.74) is 6.96. The van der Waals surface area contributed by atoms with E-state index in [9.17, 15) is 0 Å². The van der Waals surface area contributed by atoms with Crippen LogP contribution in [-0.4, -0.2) is 6.04 Å². The summed E-state index contributed by atoms with van der Waals surface area (Å²) in [5, 5.41) is 3.64. The normalized spacial score (nSPS) is 23.3. The van der Waals surface area contributed by atoms with Crippen molar-refractivity contribution in [3.05, 3.63) is 0 Å². The van der Waals surface area contributed by atoms with Gasteiger partial charge in [0.2, 0.25) is 0 Å². The summed E-state index contributed by atoms with van der Waals surface area (Å²) in [6, 6.07) is 0.355. The largest absolute Gasteiger partial charge is 0.210 e. The molecule has 0 heterocycles. The summed E-state index contributed by atoms with van der Waals surface area (Å²) in [5.74, 6) is 0. The van der Waals surface area contributed by atoms with Gasteiger partial charge in [0.1, 0.15) is 0 Å². The zero-order valence-electron chi connectivity index (χ0n) is 7.18. The molecule has 0 bridgehead atoms. The van der Waals surface area contributed by atoms with E-state index in [-0.39, 0.29) is 0 Å². The summed E-state index contributed by atoms with van der Waals surface area (Å²) in [7, 11) is 0. The summed E-state index contributed by atoms with van der Waals surface area (Å²) in [4.78, 5) is 0. The minimum Gasteiger partial charge on any atom is -0.210 e. The molecule has 0 aromatic rings. The number of hydrogen-bond donors (Lipinski definition) is 1. The van der Waals surface area contributed by atoms with E-state index in [0.29, 0.717) is 6.04 Å². The van der Waals surface area contributed by atoms with Crippen LogP contribution in [0.4, 0.5) is 0 Å². The van der Waals surface area contributed by atoms with Gasteiger partial charge >= 0.3 is 0 Å². The van der Waals surface area contributed by atoms with Crippen LogP contribution in [0.15, 0.2) is 5.11 Å². The molecule has 2 heteroatoms. The van der Waals surface area contributed by atoms with Crippen LogP contribution in [0.5, 0.6) is 0 Å². The molecule has 0 aromatic carbocycles. The number of rotatable bonds is 1. The van der Waals surface area contributed by atoms with E-state index in [0.717, 1.165) is 12.8 Å². The van der Waals surface area contributed by atoms with Crippen LogP contribution in [0.2, 0.25) is 0 Å². The fraction of sp³-hybridized carbons (Fsp3) is 1.00. The van der Waals surface area contributed by atoms with E-state index < -0.39 is 0 Å². The Morgan fingerprint density at radius 2 is 1.27 bits per heavy atom. The van der Waals surface area contributed by atoms with Gasteiger partial charge < -0.3 is 0 Å². The topological polar surface area (TPSA) is 36.2 Å². The lowest BCUT2D eigenvalue weighted by Crippen LogP contribution is -2.01. The van der Waals surface area contributed by atoms with Crippen molar-refractivity contribution in [2.45, 2.75) is 57.4 Å². The van der Waals surface area contributed by atoms with E-state index in [1.165, 1.54) is 38.5 Å². The second-order valence-corrected chi connectivity index (χ2v) is 3.48. The van der Waals surface area contributed by atoms with Gasteiger partial charge in [-0.05, 0) is 12.8 Å². The Bertz CT molecular complexity index is 102. The van der Waals surface area contributed by atoms with Gasteiger partial charge in [0, 0.05) is 0 Å². The Kier molecular flexibility index (Phi) is 4.17. The van der Waals surface area contributed by atoms with Crippen molar-refractivity contribution in [3.8, 4) is 0 Å². The molecule has 0 spiro atoms. The van der Waals surface area contributed by atoms with Crippen LogP contribution in [0, 0.1) is 5.53 Å². The molecule has 1 fully saturated rings. The number of nitrogens with zero attached hydrogens (tertiary/aromatic N) is 1. The summed E-state index contributed by atoms with van der Waals surface area (Å²) in [6.07, 6.45) is 10.4. The molecule has 1 aliphatic rings. The predicted molar refractivity (Wildman–Crippen MR) is 45.9 cm³/mol. The van der Waals surface area contributed by atoms with Crippen molar-refractivity contribution in [2.24, 2.45) is 5.11 Å². The molecule has 0 radical (unpaired) electrons. The second kappa shape index (κ2) is 5.28. The Morgan fingerprint density at radius 3 is 1.73 bits per heavy atom.